The molecule has 0 bridgehead atoms. The van der Waals surface area contributed by atoms with Crippen molar-refractivity contribution < 1.29 is 14.3 Å². The van der Waals surface area contributed by atoms with E-state index >= 15 is 0 Å². The largest absolute Gasteiger partial charge is 0.379 e. The molecule has 0 unspecified atom stereocenters. The molecule has 0 aromatic carbocycles. The van der Waals surface area contributed by atoms with Crippen molar-refractivity contribution in [1.82, 2.24) is 19.7 Å². The van der Waals surface area contributed by atoms with Crippen molar-refractivity contribution in [2.45, 2.75) is 0 Å². The van der Waals surface area contributed by atoms with Crippen LogP contribution in [0.15, 0.2) is 22.9 Å². The molecular formula is C16H21BrN4O3. The highest BCUT2D eigenvalue weighted by molar-refractivity contribution is 9.10. The summed E-state index contributed by atoms with van der Waals surface area (Å²) in [6.07, 6.45) is 3.22. The second-order valence-electron chi connectivity index (χ2n) is 5.95. The number of carbonyl (C=O) groups excluding carboxylic acids is 2. The molecule has 2 aliphatic rings. The van der Waals surface area contributed by atoms with Crippen molar-refractivity contribution in [2.24, 2.45) is 0 Å². The fraction of sp³-hybridized carbons (Fsp3) is 0.562. The summed E-state index contributed by atoms with van der Waals surface area (Å²) >= 11 is 3.33. The van der Waals surface area contributed by atoms with Gasteiger partial charge in [0, 0.05) is 56.1 Å². The summed E-state index contributed by atoms with van der Waals surface area (Å²) in [5.41, 5.74) is 0.567. The Hall–Kier alpha value is -1.51. The average Bonchev–Trinajstić information content (AvgIpc) is 2.62. The topological polar surface area (TPSA) is 66.0 Å². The quantitative estimate of drug-likeness (QED) is 0.742. The zero-order valence-electron chi connectivity index (χ0n) is 13.5. The van der Waals surface area contributed by atoms with Gasteiger partial charge in [-0.25, -0.2) is 0 Å². The molecular weight excluding hydrogens is 376 g/mol. The first-order chi connectivity index (χ1) is 11.6. The zero-order valence-corrected chi connectivity index (χ0v) is 15.1. The molecule has 7 nitrogen and oxygen atoms in total. The first-order valence-electron chi connectivity index (χ1n) is 8.11. The van der Waals surface area contributed by atoms with Gasteiger partial charge >= 0.3 is 0 Å². The molecule has 1 aromatic heterocycles. The SMILES string of the molecule is O=C(CN1CCOCC1)N1CCN(C(=O)c2cncc(Br)c2)CC1. The lowest BCUT2D eigenvalue weighted by Gasteiger charge is -2.36. The lowest BCUT2D eigenvalue weighted by molar-refractivity contribution is -0.134. The molecule has 8 heteroatoms. The number of hydrogen-bond donors (Lipinski definition) is 0. The van der Waals surface area contributed by atoms with Gasteiger partial charge in [-0.05, 0) is 22.0 Å². The van der Waals surface area contributed by atoms with Crippen LogP contribution in [0.2, 0.25) is 0 Å². The van der Waals surface area contributed by atoms with Crippen LogP contribution in [-0.4, -0.2) is 90.5 Å². The highest BCUT2D eigenvalue weighted by Gasteiger charge is 2.26. The Morgan fingerprint density at radius 2 is 1.71 bits per heavy atom. The van der Waals surface area contributed by atoms with Crippen molar-refractivity contribution in [1.29, 1.82) is 0 Å². The lowest BCUT2D eigenvalue weighted by Crippen LogP contribution is -2.53. The van der Waals surface area contributed by atoms with E-state index in [1.807, 2.05) is 4.90 Å². The minimum atomic E-state index is -0.0379. The van der Waals surface area contributed by atoms with Crippen LogP contribution < -0.4 is 0 Å². The fourth-order valence-corrected chi connectivity index (χ4v) is 3.29. The molecule has 24 heavy (non-hydrogen) atoms. The third-order valence-electron chi connectivity index (χ3n) is 4.33. The Morgan fingerprint density at radius 1 is 1.04 bits per heavy atom. The molecule has 3 rings (SSSR count). The van der Waals surface area contributed by atoms with Gasteiger partial charge in [0.2, 0.25) is 5.91 Å². The first-order valence-corrected chi connectivity index (χ1v) is 8.90. The minimum Gasteiger partial charge on any atom is -0.379 e. The normalized spacial score (nSPS) is 19.4. The summed E-state index contributed by atoms with van der Waals surface area (Å²) in [4.78, 5) is 34.6. The van der Waals surface area contributed by atoms with Crippen LogP contribution in [0.5, 0.6) is 0 Å². The molecule has 0 N–H and O–H groups in total. The van der Waals surface area contributed by atoms with Crippen LogP contribution in [0.25, 0.3) is 0 Å². The highest BCUT2D eigenvalue weighted by atomic mass is 79.9. The number of hydrogen-bond acceptors (Lipinski definition) is 5. The average molecular weight is 397 g/mol. The van der Waals surface area contributed by atoms with E-state index in [2.05, 4.69) is 25.8 Å². The lowest BCUT2D eigenvalue weighted by atomic mass is 10.2. The van der Waals surface area contributed by atoms with Crippen molar-refractivity contribution in [3.05, 3.63) is 28.5 Å². The summed E-state index contributed by atoms with van der Waals surface area (Å²) in [5.74, 6) is 0.0946. The highest BCUT2D eigenvalue weighted by Crippen LogP contribution is 2.13. The monoisotopic (exact) mass is 396 g/mol. The molecule has 3 heterocycles. The summed E-state index contributed by atoms with van der Waals surface area (Å²) < 4.78 is 6.08. The van der Waals surface area contributed by atoms with E-state index in [1.54, 1.807) is 23.4 Å². The molecule has 130 valence electrons. The molecule has 2 saturated heterocycles. The Labute approximate surface area is 149 Å². The van der Waals surface area contributed by atoms with E-state index in [4.69, 9.17) is 4.74 Å². The molecule has 0 radical (unpaired) electrons. The third-order valence-corrected chi connectivity index (χ3v) is 4.77. The Bertz CT molecular complexity index is 599. The number of nitrogens with zero attached hydrogens (tertiary/aromatic N) is 4. The predicted octanol–water partition coefficient (Wildman–Crippen LogP) is 0.461. The standard InChI is InChI=1S/C16H21BrN4O3/c17-14-9-13(10-18-11-14)16(23)21-3-1-20(2-4-21)15(22)12-19-5-7-24-8-6-19/h9-11H,1-8,12H2. The first kappa shape index (κ1) is 17.3. The molecule has 2 amide bonds. The van der Waals surface area contributed by atoms with Crippen LogP contribution in [0.1, 0.15) is 10.4 Å². The maximum atomic E-state index is 12.5. The van der Waals surface area contributed by atoms with E-state index in [0.717, 1.165) is 17.6 Å². The Kier molecular flexibility index (Phi) is 5.80. The number of aromatic nitrogens is 1. The van der Waals surface area contributed by atoms with E-state index in [-0.39, 0.29) is 11.8 Å². The number of halogens is 1. The molecule has 0 aliphatic carbocycles. The molecule has 2 fully saturated rings. The van der Waals surface area contributed by atoms with E-state index in [9.17, 15) is 9.59 Å². The van der Waals surface area contributed by atoms with Crippen molar-refractivity contribution in [2.75, 3.05) is 59.0 Å². The van der Waals surface area contributed by atoms with E-state index < -0.39 is 0 Å². The third kappa shape index (κ3) is 4.31. The maximum absolute atomic E-state index is 12.5. The van der Waals surface area contributed by atoms with Crippen LogP contribution in [0.3, 0.4) is 0 Å². The second-order valence-corrected chi connectivity index (χ2v) is 6.87. The van der Waals surface area contributed by atoms with Gasteiger partial charge in [0.05, 0.1) is 25.3 Å². The van der Waals surface area contributed by atoms with Crippen molar-refractivity contribution >= 4 is 27.7 Å². The number of pyridine rings is 1. The molecule has 2 aliphatic heterocycles. The van der Waals surface area contributed by atoms with Gasteiger partial charge in [-0.2, -0.15) is 0 Å². The summed E-state index contributed by atoms with van der Waals surface area (Å²) in [6.45, 7) is 5.70. The predicted molar refractivity (Wildman–Crippen MR) is 91.7 cm³/mol. The number of piperazine rings is 1. The van der Waals surface area contributed by atoms with Gasteiger partial charge in [0.25, 0.3) is 5.91 Å². The number of rotatable bonds is 3. The number of carbonyl (C=O) groups is 2. The van der Waals surface area contributed by atoms with Gasteiger partial charge in [-0.15, -0.1) is 0 Å². The number of amides is 2. The molecule has 0 saturated carbocycles. The maximum Gasteiger partial charge on any atom is 0.255 e. The number of morpholine rings is 1. The van der Waals surface area contributed by atoms with Gasteiger partial charge in [-0.1, -0.05) is 0 Å². The smallest absolute Gasteiger partial charge is 0.255 e. The van der Waals surface area contributed by atoms with Crippen LogP contribution in [0.4, 0.5) is 0 Å². The molecule has 0 spiro atoms. The Morgan fingerprint density at radius 3 is 2.38 bits per heavy atom. The van der Waals surface area contributed by atoms with Gasteiger partial charge < -0.3 is 14.5 Å². The summed E-state index contributed by atoms with van der Waals surface area (Å²) in [5, 5.41) is 0. The van der Waals surface area contributed by atoms with Gasteiger partial charge in [0.15, 0.2) is 0 Å². The second kappa shape index (κ2) is 8.04. The van der Waals surface area contributed by atoms with Crippen molar-refractivity contribution in [3.8, 4) is 0 Å². The Balaban J connectivity index is 1.50. The summed E-state index contributed by atoms with van der Waals surface area (Å²) in [7, 11) is 0. The number of ether oxygens (including phenoxy) is 1. The molecule has 1 aromatic rings. The van der Waals surface area contributed by atoms with Gasteiger partial charge in [-0.3, -0.25) is 19.5 Å². The van der Waals surface area contributed by atoms with E-state index in [1.165, 1.54) is 0 Å². The van der Waals surface area contributed by atoms with E-state index in [0.29, 0.717) is 51.5 Å². The minimum absolute atomic E-state index is 0.0379. The van der Waals surface area contributed by atoms with Crippen LogP contribution >= 0.6 is 15.9 Å². The zero-order chi connectivity index (χ0) is 16.9. The molecule has 0 atom stereocenters. The summed E-state index contributed by atoms with van der Waals surface area (Å²) in [6, 6.07) is 1.77. The van der Waals surface area contributed by atoms with Crippen LogP contribution in [0, 0.1) is 0 Å². The van der Waals surface area contributed by atoms with Crippen molar-refractivity contribution in [3.63, 3.8) is 0 Å². The van der Waals surface area contributed by atoms with Crippen LogP contribution in [-0.2, 0) is 9.53 Å². The fourth-order valence-electron chi connectivity index (χ4n) is 2.92. The van der Waals surface area contributed by atoms with Gasteiger partial charge in [0.1, 0.15) is 0 Å².